The van der Waals surface area contributed by atoms with Crippen LogP contribution in [0, 0.1) is 0 Å². The van der Waals surface area contributed by atoms with Crippen LogP contribution in [0.1, 0.15) is 10.4 Å². The first-order chi connectivity index (χ1) is 10.1. The van der Waals surface area contributed by atoms with E-state index in [-0.39, 0.29) is 16.5 Å². The first kappa shape index (κ1) is 13.4. The number of aromatic carboxylic acids is 1. The summed E-state index contributed by atoms with van der Waals surface area (Å²) in [6.07, 6.45) is 1.35. The molecule has 3 rings (SSSR count). The van der Waals surface area contributed by atoms with E-state index in [4.69, 9.17) is 21.4 Å². The van der Waals surface area contributed by atoms with E-state index in [1.165, 1.54) is 12.3 Å². The molecule has 5 heteroatoms. The maximum Gasteiger partial charge on any atom is 0.337 e. The molecule has 1 aromatic heterocycles. The molecule has 0 amide bonds. The number of rotatable bonds is 3. The predicted molar refractivity (Wildman–Crippen MR) is 80.2 cm³/mol. The Bertz CT molecular complexity index is 833. The summed E-state index contributed by atoms with van der Waals surface area (Å²) < 4.78 is 5.60. The molecule has 3 aromatic rings. The highest BCUT2D eigenvalue weighted by atomic mass is 35.5. The predicted octanol–water partition coefficient (Wildman–Crippen LogP) is 4.38. The van der Waals surface area contributed by atoms with Crippen molar-refractivity contribution >= 4 is 28.3 Å². The third kappa shape index (κ3) is 2.66. The Morgan fingerprint density at radius 3 is 2.62 bits per heavy atom. The Morgan fingerprint density at radius 1 is 1.10 bits per heavy atom. The number of pyridine rings is 1. The Hall–Kier alpha value is -2.59. The fourth-order valence-corrected chi connectivity index (χ4v) is 2.23. The number of carboxylic acid groups (broad SMARTS) is 1. The van der Waals surface area contributed by atoms with Gasteiger partial charge in [-0.1, -0.05) is 41.9 Å². The van der Waals surface area contributed by atoms with Gasteiger partial charge < -0.3 is 9.84 Å². The molecule has 0 bridgehead atoms. The standard InChI is InChI=1S/C16H10ClNO3/c17-14-13(16(19)20)7-8-18-15(14)21-12-6-5-10-3-1-2-4-11(10)9-12/h1-9H,(H,19,20). The molecule has 1 N–H and O–H groups in total. The molecule has 0 aliphatic carbocycles. The van der Waals surface area contributed by atoms with Crippen molar-refractivity contribution in [3.8, 4) is 11.6 Å². The molecule has 0 saturated heterocycles. The van der Waals surface area contributed by atoms with E-state index in [1.807, 2.05) is 36.4 Å². The van der Waals surface area contributed by atoms with Gasteiger partial charge in [0.25, 0.3) is 0 Å². The number of hydrogen-bond donors (Lipinski definition) is 1. The van der Waals surface area contributed by atoms with Gasteiger partial charge in [0.1, 0.15) is 10.8 Å². The average molecular weight is 300 g/mol. The van der Waals surface area contributed by atoms with Crippen molar-refractivity contribution in [2.75, 3.05) is 0 Å². The van der Waals surface area contributed by atoms with Crippen molar-refractivity contribution in [3.05, 3.63) is 65.3 Å². The van der Waals surface area contributed by atoms with Crippen molar-refractivity contribution < 1.29 is 14.6 Å². The van der Waals surface area contributed by atoms with Gasteiger partial charge in [0, 0.05) is 6.20 Å². The number of carbonyl (C=O) groups is 1. The van der Waals surface area contributed by atoms with Gasteiger partial charge in [-0.15, -0.1) is 0 Å². The molecule has 21 heavy (non-hydrogen) atoms. The minimum atomic E-state index is -1.12. The second kappa shape index (κ2) is 5.42. The second-order valence-electron chi connectivity index (χ2n) is 4.39. The number of ether oxygens (including phenoxy) is 1. The van der Waals surface area contributed by atoms with Crippen LogP contribution in [0.15, 0.2) is 54.7 Å². The monoisotopic (exact) mass is 299 g/mol. The Balaban J connectivity index is 1.98. The normalized spacial score (nSPS) is 10.5. The van der Waals surface area contributed by atoms with Crippen LogP contribution in [-0.4, -0.2) is 16.1 Å². The van der Waals surface area contributed by atoms with E-state index in [0.717, 1.165) is 10.8 Å². The van der Waals surface area contributed by atoms with Crippen LogP contribution in [0.2, 0.25) is 5.02 Å². The van der Waals surface area contributed by atoms with Gasteiger partial charge in [0.05, 0.1) is 5.56 Å². The van der Waals surface area contributed by atoms with Gasteiger partial charge in [-0.05, 0) is 29.0 Å². The fraction of sp³-hybridized carbons (Fsp3) is 0. The molecule has 0 saturated carbocycles. The summed E-state index contributed by atoms with van der Waals surface area (Å²) in [5.41, 5.74) is -0.0394. The van der Waals surface area contributed by atoms with E-state index in [9.17, 15) is 4.79 Å². The van der Waals surface area contributed by atoms with Crippen LogP contribution in [0.5, 0.6) is 11.6 Å². The first-order valence-electron chi connectivity index (χ1n) is 6.19. The number of halogens is 1. The van der Waals surface area contributed by atoms with Crippen molar-refractivity contribution in [1.29, 1.82) is 0 Å². The lowest BCUT2D eigenvalue weighted by atomic mass is 10.1. The first-order valence-corrected chi connectivity index (χ1v) is 6.57. The average Bonchev–Trinajstić information content (AvgIpc) is 2.49. The maximum atomic E-state index is 11.0. The van der Waals surface area contributed by atoms with Crippen LogP contribution >= 0.6 is 11.6 Å². The molecule has 104 valence electrons. The number of aromatic nitrogens is 1. The number of carboxylic acids is 1. The molecule has 0 aliphatic rings. The van der Waals surface area contributed by atoms with Gasteiger partial charge in [-0.2, -0.15) is 0 Å². The summed E-state index contributed by atoms with van der Waals surface area (Å²) in [6, 6.07) is 14.7. The lowest BCUT2D eigenvalue weighted by Crippen LogP contribution is -2.00. The zero-order valence-corrected chi connectivity index (χ0v) is 11.5. The van der Waals surface area contributed by atoms with E-state index in [1.54, 1.807) is 6.07 Å². The number of hydrogen-bond acceptors (Lipinski definition) is 3. The SMILES string of the molecule is O=C(O)c1ccnc(Oc2ccc3ccccc3c2)c1Cl. The van der Waals surface area contributed by atoms with Crippen molar-refractivity contribution in [1.82, 2.24) is 4.98 Å². The van der Waals surface area contributed by atoms with Crippen LogP contribution in [0.25, 0.3) is 10.8 Å². The molecule has 0 spiro atoms. The Kier molecular flexibility index (Phi) is 3.46. The number of nitrogens with zero attached hydrogens (tertiary/aromatic N) is 1. The van der Waals surface area contributed by atoms with E-state index < -0.39 is 5.97 Å². The minimum absolute atomic E-state index is 0.0156. The maximum absolute atomic E-state index is 11.0. The lowest BCUT2D eigenvalue weighted by Gasteiger charge is -2.08. The third-order valence-corrected chi connectivity index (χ3v) is 3.39. The minimum Gasteiger partial charge on any atom is -0.478 e. The van der Waals surface area contributed by atoms with E-state index in [0.29, 0.717) is 5.75 Å². The highest BCUT2D eigenvalue weighted by Crippen LogP contribution is 2.31. The zero-order valence-electron chi connectivity index (χ0n) is 10.8. The Labute approximate surface area is 125 Å². The summed E-state index contributed by atoms with van der Waals surface area (Å²) in [6.45, 7) is 0. The highest BCUT2D eigenvalue weighted by molar-refractivity contribution is 6.34. The summed E-state index contributed by atoms with van der Waals surface area (Å²) in [7, 11) is 0. The molecular formula is C16H10ClNO3. The van der Waals surface area contributed by atoms with Crippen LogP contribution in [0.3, 0.4) is 0 Å². The molecule has 0 radical (unpaired) electrons. The quantitative estimate of drug-likeness (QED) is 0.779. The van der Waals surface area contributed by atoms with Crippen molar-refractivity contribution in [2.45, 2.75) is 0 Å². The van der Waals surface area contributed by atoms with Gasteiger partial charge in [0.15, 0.2) is 0 Å². The van der Waals surface area contributed by atoms with Crippen molar-refractivity contribution in [3.63, 3.8) is 0 Å². The molecule has 0 fully saturated rings. The fourth-order valence-electron chi connectivity index (χ4n) is 2.00. The van der Waals surface area contributed by atoms with Gasteiger partial charge >= 0.3 is 5.97 Å². The summed E-state index contributed by atoms with van der Waals surface area (Å²) >= 11 is 6.00. The molecular weight excluding hydrogens is 290 g/mol. The summed E-state index contributed by atoms with van der Waals surface area (Å²) in [4.78, 5) is 15.0. The van der Waals surface area contributed by atoms with Gasteiger partial charge in [-0.3, -0.25) is 0 Å². The third-order valence-electron chi connectivity index (χ3n) is 3.02. The van der Waals surface area contributed by atoms with Gasteiger partial charge in [0.2, 0.25) is 5.88 Å². The van der Waals surface area contributed by atoms with Crippen molar-refractivity contribution in [2.24, 2.45) is 0 Å². The smallest absolute Gasteiger partial charge is 0.337 e. The van der Waals surface area contributed by atoms with Crippen LogP contribution in [0.4, 0.5) is 0 Å². The Morgan fingerprint density at radius 2 is 1.86 bits per heavy atom. The molecule has 0 unspecified atom stereocenters. The highest BCUT2D eigenvalue weighted by Gasteiger charge is 2.15. The summed E-state index contributed by atoms with van der Waals surface area (Å²) in [5, 5.41) is 11.1. The molecule has 1 heterocycles. The zero-order chi connectivity index (χ0) is 14.8. The van der Waals surface area contributed by atoms with E-state index in [2.05, 4.69) is 4.98 Å². The van der Waals surface area contributed by atoms with Crippen LogP contribution < -0.4 is 4.74 Å². The molecule has 0 aliphatic heterocycles. The van der Waals surface area contributed by atoms with Crippen LogP contribution in [-0.2, 0) is 0 Å². The van der Waals surface area contributed by atoms with E-state index >= 15 is 0 Å². The summed E-state index contributed by atoms with van der Waals surface area (Å²) in [5.74, 6) is -0.497. The molecule has 2 aromatic carbocycles. The largest absolute Gasteiger partial charge is 0.478 e. The molecule has 0 atom stereocenters. The lowest BCUT2D eigenvalue weighted by molar-refractivity contribution is 0.0696. The number of fused-ring (bicyclic) bond motifs is 1. The number of benzene rings is 2. The van der Waals surface area contributed by atoms with Gasteiger partial charge in [-0.25, -0.2) is 9.78 Å². The second-order valence-corrected chi connectivity index (χ2v) is 4.77. The molecule has 4 nitrogen and oxygen atoms in total. The topological polar surface area (TPSA) is 59.4 Å².